The summed E-state index contributed by atoms with van der Waals surface area (Å²) in [5.41, 5.74) is 0.674. The predicted molar refractivity (Wildman–Crippen MR) is 96.2 cm³/mol. The topological polar surface area (TPSA) is 112 Å². The molecule has 10 heteroatoms. The summed E-state index contributed by atoms with van der Waals surface area (Å²) in [4.78, 5) is 27.9. The number of nitrogens with zero attached hydrogens (tertiary/aromatic N) is 4. The van der Waals surface area contributed by atoms with Crippen molar-refractivity contribution in [1.29, 1.82) is 5.41 Å². The first-order chi connectivity index (χ1) is 11.5. The third-order valence-electron chi connectivity index (χ3n) is 3.18. The molecule has 2 aliphatic rings. The molecule has 2 aliphatic heterocycles. The highest BCUT2D eigenvalue weighted by Gasteiger charge is 2.37. The summed E-state index contributed by atoms with van der Waals surface area (Å²) >= 11 is 2.54. The van der Waals surface area contributed by atoms with E-state index in [1.165, 1.54) is 47.0 Å². The maximum Gasteiger partial charge on any atom is 0.283 e. The largest absolute Gasteiger partial charge is 0.283 e. The number of benzene rings is 1. The van der Waals surface area contributed by atoms with Crippen molar-refractivity contribution in [2.24, 2.45) is 9.39 Å². The molecule has 0 saturated carbocycles. The number of hydrogen-bond acceptors (Lipinski definition) is 7. The number of amides is 1. The summed E-state index contributed by atoms with van der Waals surface area (Å²) in [6.07, 6.45) is 1.51. The van der Waals surface area contributed by atoms with Gasteiger partial charge in [0.25, 0.3) is 11.6 Å². The van der Waals surface area contributed by atoms with E-state index < -0.39 is 10.8 Å². The van der Waals surface area contributed by atoms with Gasteiger partial charge >= 0.3 is 0 Å². The molecule has 1 N–H and O–H groups in total. The van der Waals surface area contributed by atoms with Gasteiger partial charge < -0.3 is 0 Å². The van der Waals surface area contributed by atoms with Gasteiger partial charge in [-0.05, 0) is 29.5 Å². The molecule has 0 radical (unpaired) electrons. The molecule has 8 nitrogen and oxygen atoms in total. The number of nitro groups is 1. The minimum Gasteiger partial charge on any atom is -0.283 e. The van der Waals surface area contributed by atoms with Gasteiger partial charge in [-0.1, -0.05) is 18.7 Å². The molecule has 122 valence electrons. The van der Waals surface area contributed by atoms with Crippen LogP contribution in [0, 0.1) is 15.5 Å². The van der Waals surface area contributed by atoms with Crippen molar-refractivity contribution >= 4 is 57.6 Å². The average Bonchev–Trinajstić information content (AvgIpc) is 2.95. The molecule has 0 unspecified atom stereocenters. The zero-order chi connectivity index (χ0) is 17.3. The minimum absolute atomic E-state index is 0.00746. The lowest BCUT2D eigenvalue weighted by Gasteiger charge is -2.24. The van der Waals surface area contributed by atoms with E-state index in [2.05, 4.69) is 9.39 Å². The Hall–Kier alpha value is -2.46. The van der Waals surface area contributed by atoms with Gasteiger partial charge in [0.05, 0.1) is 22.4 Å². The summed E-state index contributed by atoms with van der Waals surface area (Å²) in [6.45, 7) is 1.97. The first kappa shape index (κ1) is 16.4. The summed E-state index contributed by atoms with van der Waals surface area (Å²) < 4.78 is 4.22. The molecule has 3 rings (SSSR count). The number of fused-ring (bicyclic) bond motifs is 1. The fraction of sp³-hybridized carbons (Fsp3) is 0.143. The van der Waals surface area contributed by atoms with Gasteiger partial charge in [0.15, 0.2) is 5.17 Å². The van der Waals surface area contributed by atoms with E-state index in [-0.39, 0.29) is 17.1 Å². The molecular weight excluding hydrogens is 350 g/mol. The van der Waals surface area contributed by atoms with Gasteiger partial charge in [0, 0.05) is 12.1 Å². The fourth-order valence-electron chi connectivity index (χ4n) is 2.08. The summed E-state index contributed by atoms with van der Waals surface area (Å²) in [6, 6.07) is 5.76. The predicted octanol–water partition coefficient (Wildman–Crippen LogP) is 2.92. The van der Waals surface area contributed by atoms with Crippen molar-refractivity contribution in [1.82, 2.24) is 4.90 Å². The van der Waals surface area contributed by atoms with Crippen LogP contribution in [0.5, 0.6) is 0 Å². The Bertz CT molecular complexity index is 829. The molecule has 0 aliphatic carbocycles. The maximum atomic E-state index is 12.2. The number of rotatable bonds is 3. The number of carbonyl (C=O) groups excluding carboxylic acids is 1. The van der Waals surface area contributed by atoms with Crippen molar-refractivity contribution in [3.05, 3.63) is 45.5 Å². The molecule has 2 heterocycles. The highest BCUT2D eigenvalue weighted by Crippen LogP contribution is 2.31. The fourth-order valence-corrected chi connectivity index (χ4v) is 3.65. The maximum absolute atomic E-state index is 12.2. The Morgan fingerprint density at radius 1 is 1.42 bits per heavy atom. The molecule has 1 aromatic carbocycles. The Morgan fingerprint density at radius 2 is 2.12 bits per heavy atom. The standard InChI is InChI=1S/C14H11N5O3S2/c1-2-23-14-17-24-13-16-12(20)10(11(15)18(13)14)7-8-3-5-9(6-4-8)19(21)22/h3-7,15H,2H2,1H3. The van der Waals surface area contributed by atoms with Crippen LogP contribution >= 0.6 is 23.7 Å². The van der Waals surface area contributed by atoms with E-state index >= 15 is 0 Å². The zero-order valence-corrected chi connectivity index (χ0v) is 14.1. The number of carbonyl (C=O) groups is 1. The molecule has 1 aromatic rings. The Labute approximate surface area is 145 Å². The van der Waals surface area contributed by atoms with Gasteiger partial charge in [0.2, 0.25) is 5.17 Å². The second-order valence-corrected chi connectivity index (χ2v) is 6.65. The van der Waals surface area contributed by atoms with Crippen molar-refractivity contribution < 1.29 is 9.72 Å². The van der Waals surface area contributed by atoms with E-state index in [9.17, 15) is 14.9 Å². The first-order valence-corrected chi connectivity index (χ1v) is 8.63. The number of thioether (sulfide) groups is 1. The average molecular weight is 361 g/mol. The quantitative estimate of drug-likeness (QED) is 0.383. The van der Waals surface area contributed by atoms with E-state index in [0.29, 0.717) is 15.9 Å². The Balaban J connectivity index is 1.93. The molecule has 0 spiro atoms. The van der Waals surface area contributed by atoms with E-state index in [1.54, 1.807) is 0 Å². The van der Waals surface area contributed by atoms with Crippen molar-refractivity contribution in [2.75, 3.05) is 5.75 Å². The SMILES string of the molecule is CCSC1=NSC2=NC(=O)C(=Cc3ccc([N+](=O)[O-])cc3)C(=N)N12. The number of aliphatic imine (C=N–C) groups is 1. The molecule has 0 bridgehead atoms. The highest BCUT2D eigenvalue weighted by molar-refractivity contribution is 8.19. The van der Waals surface area contributed by atoms with E-state index in [4.69, 9.17) is 5.41 Å². The second-order valence-electron chi connectivity index (χ2n) is 4.69. The van der Waals surface area contributed by atoms with Crippen LogP contribution in [-0.4, -0.2) is 37.7 Å². The lowest BCUT2D eigenvalue weighted by molar-refractivity contribution is -0.384. The van der Waals surface area contributed by atoms with Crippen LogP contribution in [0.1, 0.15) is 12.5 Å². The highest BCUT2D eigenvalue weighted by atomic mass is 32.2. The number of amidine groups is 3. The Morgan fingerprint density at radius 3 is 2.75 bits per heavy atom. The summed E-state index contributed by atoms with van der Waals surface area (Å²) in [7, 11) is 0. The summed E-state index contributed by atoms with van der Waals surface area (Å²) in [5, 5.41) is 20.0. The normalized spacial score (nSPS) is 18.5. The number of hydrogen-bond donors (Lipinski definition) is 1. The second kappa shape index (κ2) is 6.57. The van der Waals surface area contributed by atoms with Crippen molar-refractivity contribution in [2.45, 2.75) is 6.92 Å². The molecule has 24 heavy (non-hydrogen) atoms. The first-order valence-electron chi connectivity index (χ1n) is 6.87. The van der Waals surface area contributed by atoms with Gasteiger partial charge in [-0.3, -0.25) is 20.3 Å². The number of nitrogens with one attached hydrogen (secondary N) is 1. The van der Waals surface area contributed by atoms with Crippen molar-refractivity contribution in [3.8, 4) is 0 Å². The van der Waals surface area contributed by atoms with E-state index in [1.807, 2.05) is 6.92 Å². The van der Waals surface area contributed by atoms with Gasteiger partial charge in [-0.15, -0.1) is 0 Å². The Kier molecular flexibility index (Phi) is 4.49. The third kappa shape index (κ3) is 2.97. The molecule has 1 amide bonds. The number of nitro benzene ring substituents is 1. The van der Waals surface area contributed by atoms with Crippen LogP contribution < -0.4 is 0 Å². The van der Waals surface area contributed by atoms with E-state index in [0.717, 1.165) is 17.7 Å². The van der Waals surface area contributed by atoms with Crippen molar-refractivity contribution in [3.63, 3.8) is 0 Å². The zero-order valence-electron chi connectivity index (χ0n) is 12.4. The molecular formula is C14H11N5O3S2. The molecule has 0 atom stereocenters. The van der Waals surface area contributed by atoms with Gasteiger partial charge in [-0.25, -0.2) is 4.90 Å². The smallest absolute Gasteiger partial charge is 0.283 e. The van der Waals surface area contributed by atoms with Crippen LogP contribution in [0.2, 0.25) is 0 Å². The molecule has 0 aromatic heterocycles. The lowest BCUT2D eigenvalue weighted by Crippen LogP contribution is -2.41. The van der Waals surface area contributed by atoms with Crippen LogP contribution in [0.15, 0.2) is 39.2 Å². The van der Waals surface area contributed by atoms with Crippen LogP contribution in [-0.2, 0) is 4.79 Å². The van der Waals surface area contributed by atoms with Gasteiger partial charge in [0.1, 0.15) is 5.84 Å². The number of non-ortho nitro benzene ring substituents is 1. The minimum atomic E-state index is -0.518. The molecule has 0 saturated heterocycles. The third-order valence-corrected chi connectivity index (χ3v) is 4.82. The lowest BCUT2D eigenvalue weighted by atomic mass is 10.1. The van der Waals surface area contributed by atoms with Crippen LogP contribution in [0.3, 0.4) is 0 Å². The monoisotopic (exact) mass is 361 g/mol. The van der Waals surface area contributed by atoms with Crippen LogP contribution in [0.25, 0.3) is 6.08 Å². The molecule has 0 fully saturated rings. The van der Waals surface area contributed by atoms with Gasteiger partial charge in [-0.2, -0.15) is 9.39 Å². The van der Waals surface area contributed by atoms with Crippen LogP contribution in [0.4, 0.5) is 5.69 Å². The summed E-state index contributed by atoms with van der Waals surface area (Å²) in [5.74, 6) is 0.273.